The van der Waals surface area contributed by atoms with Crippen LogP contribution in [0.1, 0.15) is 0 Å². The lowest BCUT2D eigenvalue weighted by molar-refractivity contribution is 1.06. The van der Waals surface area contributed by atoms with E-state index in [0.29, 0.717) is 16.0 Å². The van der Waals surface area contributed by atoms with E-state index in [1.807, 2.05) is 53.2 Å². The predicted molar refractivity (Wildman–Crippen MR) is 91.0 cm³/mol. The molecule has 0 fully saturated rings. The lowest BCUT2D eigenvalue weighted by Crippen LogP contribution is -2.02. The minimum Gasteiger partial charge on any atom is -0.325 e. The molecule has 3 aromatic rings. The van der Waals surface area contributed by atoms with Gasteiger partial charge in [-0.05, 0) is 40.2 Å². The van der Waals surface area contributed by atoms with Gasteiger partial charge in [-0.3, -0.25) is 4.57 Å². The van der Waals surface area contributed by atoms with Crippen molar-refractivity contribution in [2.75, 3.05) is 5.32 Å². The van der Waals surface area contributed by atoms with Crippen LogP contribution in [-0.4, -0.2) is 9.55 Å². The second-order valence-corrected chi connectivity index (χ2v) is 5.92. The lowest BCUT2D eigenvalue weighted by atomic mass is 10.3. The van der Waals surface area contributed by atoms with Crippen molar-refractivity contribution in [3.8, 4) is 5.69 Å². The van der Waals surface area contributed by atoms with Crippen LogP contribution < -0.4 is 5.32 Å². The van der Waals surface area contributed by atoms with E-state index >= 15 is 0 Å². The molecule has 3 nitrogen and oxygen atoms in total. The fourth-order valence-corrected chi connectivity index (χ4v) is 2.80. The molecule has 0 bridgehead atoms. The molecule has 0 saturated carbocycles. The zero-order valence-corrected chi connectivity index (χ0v) is 13.8. The summed E-state index contributed by atoms with van der Waals surface area (Å²) in [6, 6.07) is 13.6. The normalized spacial score (nSPS) is 10.6. The smallest absolute Gasteiger partial charge is 0.212 e. The van der Waals surface area contributed by atoms with Crippen LogP contribution in [0.15, 0.2) is 59.3 Å². The molecule has 106 valence electrons. The summed E-state index contributed by atoms with van der Waals surface area (Å²) in [6.07, 6.45) is 3.54. The van der Waals surface area contributed by atoms with Crippen LogP contribution in [-0.2, 0) is 0 Å². The molecule has 1 heterocycles. The van der Waals surface area contributed by atoms with Crippen LogP contribution in [0, 0.1) is 0 Å². The monoisotopic (exact) mass is 381 g/mol. The van der Waals surface area contributed by atoms with Crippen molar-refractivity contribution in [1.29, 1.82) is 0 Å². The number of hydrogen-bond acceptors (Lipinski definition) is 2. The van der Waals surface area contributed by atoms with E-state index in [9.17, 15) is 0 Å². The van der Waals surface area contributed by atoms with Gasteiger partial charge in [0.2, 0.25) is 5.95 Å². The van der Waals surface area contributed by atoms with Crippen molar-refractivity contribution >= 4 is 50.8 Å². The van der Waals surface area contributed by atoms with E-state index in [1.54, 1.807) is 6.20 Å². The highest BCUT2D eigenvalue weighted by atomic mass is 79.9. The average Bonchev–Trinajstić information content (AvgIpc) is 2.94. The van der Waals surface area contributed by atoms with Crippen molar-refractivity contribution in [1.82, 2.24) is 9.55 Å². The highest BCUT2D eigenvalue weighted by Gasteiger charge is 2.13. The highest BCUT2D eigenvalue weighted by Crippen LogP contribution is 2.36. The summed E-state index contributed by atoms with van der Waals surface area (Å²) in [6.45, 7) is 0. The third-order valence-electron chi connectivity index (χ3n) is 2.95. The standard InChI is InChI=1S/C15H10BrCl2N3/c16-11-6-7-12(14(18)13(11)17)21-9-8-19-15(21)20-10-4-2-1-3-5-10/h1-9H,(H,19,20). The number of imidazole rings is 1. The summed E-state index contributed by atoms with van der Waals surface area (Å²) in [5.74, 6) is 0.668. The van der Waals surface area contributed by atoms with E-state index in [-0.39, 0.29) is 0 Å². The first-order chi connectivity index (χ1) is 10.2. The van der Waals surface area contributed by atoms with Gasteiger partial charge in [-0.15, -0.1) is 0 Å². The Morgan fingerprint density at radius 1 is 1.00 bits per heavy atom. The zero-order valence-electron chi connectivity index (χ0n) is 10.7. The molecule has 0 saturated heterocycles. The maximum Gasteiger partial charge on any atom is 0.212 e. The molecule has 0 aliphatic heterocycles. The van der Waals surface area contributed by atoms with Crippen molar-refractivity contribution in [2.45, 2.75) is 0 Å². The van der Waals surface area contributed by atoms with Gasteiger partial charge in [0.05, 0.1) is 15.7 Å². The topological polar surface area (TPSA) is 29.9 Å². The third-order valence-corrected chi connectivity index (χ3v) is 4.71. The summed E-state index contributed by atoms with van der Waals surface area (Å²) in [5.41, 5.74) is 1.71. The van der Waals surface area contributed by atoms with E-state index in [4.69, 9.17) is 23.2 Å². The Kier molecular flexibility index (Phi) is 4.19. The van der Waals surface area contributed by atoms with Crippen molar-refractivity contribution in [3.05, 3.63) is 69.4 Å². The Balaban J connectivity index is 2.02. The molecule has 0 atom stereocenters. The van der Waals surface area contributed by atoms with Crippen LogP contribution in [0.3, 0.4) is 0 Å². The first kappa shape index (κ1) is 14.4. The molecule has 0 spiro atoms. The van der Waals surface area contributed by atoms with Gasteiger partial charge in [-0.25, -0.2) is 4.98 Å². The van der Waals surface area contributed by atoms with Crippen molar-refractivity contribution in [2.24, 2.45) is 0 Å². The maximum absolute atomic E-state index is 6.33. The Morgan fingerprint density at radius 2 is 1.76 bits per heavy atom. The van der Waals surface area contributed by atoms with Gasteiger partial charge in [0.1, 0.15) is 0 Å². The van der Waals surface area contributed by atoms with Crippen molar-refractivity contribution in [3.63, 3.8) is 0 Å². The van der Waals surface area contributed by atoms with Crippen LogP contribution >= 0.6 is 39.1 Å². The zero-order chi connectivity index (χ0) is 14.8. The fraction of sp³-hybridized carbons (Fsp3) is 0. The number of hydrogen-bond donors (Lipinski definition) is 1. The summed E-state index contributed by atoms with van der Waals surface area (Å²) in [5, 5.41) is 4.20. The van der Waals surface area contributed by atoms with Gasteiger partial charge >= 0.3 is 0 Å². The first-order valence-electron chi connectivity index (χ1n) is 6.16. The van der Waals surface area contributed by atoms with E-state index in [1.165, 1.54) is 0 Å². The molecule has 0 aliphatic rings. The molecule has 3 rings (SSSR count). The number of para-hydroxylation sites is 1. The van der Waals surface area contributed by atoms with Crippen LogP contribution in [0.4, 0.5) is 11.6 Å². The van der Waals surface area contributed by atoms with Crippen LogP contribution in [0.5, 0.6) is 0 Å². The fourth-order valence-electron chi connectivity index (χ4n) is 1.94. The molecule has 0 amide bonds. The predicted octanol–water partition coefficient (Wildman–Crippen LogP) is 5.69. The Labute approximate surface area is 140 Å². The van der Waals surface area contributed by atoms with Crippen molar-refractivity contribution < 1.29 is 0 Å². The van der Waals surface area contributed by atoms with Gasteiger partial charge < -0.3 is 5.32 Å². The number of aromatic nitrogens is 2. The number of nitrogens with one attached hydrogen (secondary N) is 1. The van der Waals surface area contributed by atoms with E-state index in [0.717, 1.165) is 15.8 Å². The number of rotatable bonds is 3. The highest BCUT2D eigenvalue weighted by molar-refractivity contribution is 9.10. The average molecular weight is 383 g/mol. The maximum atomic E-state index is 6.33. The van der Waals surface area contributed by atoms with Gasteiger partial charge in [-0.2, -0.15) is 0 Å². The first-order valence-corrected chi connectivity index (χ1v) is 7.71. The molecule has 1 N–H and O–H groups in total. The summed E-state index contributed by atoms with van der Waals surface area (Å²) >= 11 is 15.9. The van der Waals surface area contributed by atoms with Crippen LogP contribution in [0.2, 0.25) is 10.0 Å². The minimum atomic E-state index is 0.472. The third kappa shape index (κ3) is 2.93. The minimum absolute atomic E-state index is 0.472. The molecular formula is C15H10BrCl2N3. The van der Waals surface area contributed by atoms with Gasteiger partial charge in [0.15, 0.2) is 0 Å². The van der Waals surface area contributed by atoms with Gasteiger partial charge in [-0.1, -0.05) is 41.4 Å². The summed E-state index contributed by atoms with van der Waals surface area (Å²) in [4.78, 5) is 4.32. The Bertz CT molecular complexity index is 772. The second kappa shape index (κ2) is 6.10. The molecule has 6 heteroatoms. The molecule has 0 unspecified atom stereocenters. The van der Waals surface area contributed by atoms with Crippen LogP contribution in [0.25, 0.3) is 5.69 Å². The number of benzene rings is 2. The molecule has 0 aliphatic carbocycles. The molecule has 21 heavy (non-hydrogen) atoms. The number of anilines is 2. The SMILES string of the molecule is Clc1c(Br)ccc(-n2ccnc2Nc2ccccc2)c1Cl. The lowest BCUT2D eigenvalue weighted by Gasteiger charge is -2.12. The second-order valence-electron chi connectivity index (χ2n) is 4.31. The largest absolute Gasteiger partial charge is 0.325 e. The Morgan fingerprint density at radius 3 is 2.52 bits per heavy atom. The molecule has 2 aromatic carbocycles. The van der Waals surface area contributed by atoms with Gasteiger partial charge in [0.25, 0.3) is 0 Å². The molecule has 1 aromatic heterocycles. The molecular weight excluding hydrogens is 373 g/mol. The number of halogens is 3. The quantitative estimate of drug-likeness (QED) is 0.590. The van der Waals surface area contributed by atoms with Gasteiger partial charge in [0, 0.05) is 22.6 Å². The summed E-state index contributed by atoms with van der Waals surface area (Å²) in [7, 11) is 0. The summed E-state index contributed by atoms with van der Waals surface area (Å²) < 4.78 is 2.61. The number of nitrogens with zero attached hydrogens (tertiary/aromatic N) is 2. The van der Waals surface area contributed by atoms with E-state index < -0.39 is 0 Å². The Hall–Kier alpha value is -1.49. The molecule has 0 radical (unpaired) electrons. The van der Waals surface area contributed by atoms with E-state index in [2.05, 4.69) is 26.2 Å².